The van der Waals surface area contributed by atoms with Crippen molar-refractivity contribution in [3.63, 3.8) is 0 Å². The SMILES string of the molecule is Cc1cnc(NCc2cc(Br)c3c(c2)OCCO3)cn1. The Balaban J connectivity index is 1.74. The fourth-order valence-electron chi connectivity index (χ4n) is 1.94. The minimum Gasteiger partial charge on any atom is -0.486 e. The van der Waals surface area contributed by atoms with E-state index < -0.39 is 0 Å². The second-order valence-corrected chi connectivity index (χ2v) is 5.35. The lowest BCUT2D eigenvalue weighted by Gasteiger charge is -2.20. The average Bonchev–Trinajstić information content (AvgIpc) is 2.47. The van der Waals surface area contributed by atoms with Gasteiger partial charge in [0.05, 0.1) is 22.6 Å². The summed E-state index contributed by atoms with van der Waals surface area (Å²) in [5.74, 6) is 2.30. The van der Waals surface area contributed by atoms with Crippen LogP contribution in [0.5, 0.6) is 11.5 Å². The molecule has 5 nitrogen and oxygen atoms in total. The van der Waals surface area contributed by atoms with E-state index in [1.807, 2.05) is 19.1 Å². The number of fused-ring (bicyclic) bond motifs is 1. The van der Waals surface area contributed by atoms with Gasteiger partial charge in [-0.3, -0.25) is 4.98 Å². The van der Waals surface area contributed by atoms with Crippen LogP contribution in [0.15, 0.2) is 29.0 Å². The fourth-order valence-corrected chi connectivity index (χ4v) is 2.55. The molecule has 3 rings (SSSR count). The van der Waals surface area contributed by atoms with Gasteiger partial charge in [0, 0.05) is 6.54 Å². The summed E-state index contributed by atoms with van der Waals surface area (Å²) in [5.41, 5.74) is 1.99. The topological polar surface area (TPSA) is 56.3 Å². The molecule has 1 aromatic carbocycles. The van der Waals surface area contributed by atoms with E-state index >= 15 is 0 Å². The first-order valence-electron chi connectivity index (χ1n) is 6.33. The van der Waals surface area contributed by atoms with Gasteiger partial charge in [0.2, 0.25) is 0 Å². The minimum absolute atomic E-state index is 0.583. The number of halogens is 1. The second kappa shape index (κ2) is 5.66. The number of ether oxygens (including phenoxy) is 2. The Morgan fingerprint density at radius 1 is 1.20 bits per heavy atom. The molecule has 1 N–H and O–H groups in total. The third-order valence-electron chi connectivity index (χ3n) is 2.91. The molecule has 0 saturated carbocycles. The number of aryl methyl sites for hydroxylation is 1. The van der Waals surface area contributed by atoms with Crippen molar-refractivity contribution >= 4 is 21.7 Å². The van der Waals surface area contributed by atoms with E-state index in [9.17, 15) is 0 Å². The van der Waals surface area contributed by atoms with E-state index in [-0.39, 0.29) is 0 Å². The monoisotopic (exact) mass is 335 g/mol. The van der Waals surface area contributed by atoms with Crippen molar-refractivity contribution in [1.29, 1.82) is 0 Å². The van der Waals surface area contributed by atoms with Crippen LogP contribution in [-0.4, -0.2) is 23.2 Å². The van der Waals surface area contributed by atoms with E-state index in [1.54, 1.807) is 12.4 Å². The Morgan fingerprint density at radius 2 is 2.05 bits per heavy atom. The molecule has 0 amide bonds. The quantitative estimate of drug-likeness (QED) is 0.934. The van der Waals surface area contributed by atoms with Crippen LogP contribution in [0.2, 0.25) is 0 Å². The second-order valence-electron chi connectivity index (χ2n) is 4.50. The number of anilines is 1. The lowest BCUT2D eigenvalue weighted by Crippen LogP contribution is -2.16. The summed E-state index contributed by atoms with van der Waals surface area (Å²) in [7, 11) is 0. The molecular weight excluding hydrogens is 322 g/mol. The van der Waals surface area contributed by atoms with Gasteiger partial charge in [-0.05, 0) is 40.5 Å². The van der Waals surface area contributed by atoms with Crippen molar-refractivity contribution in [2.45, 2.75) is 13.5 Å². The molecule has 6 heteroatoms. The number of benzene rings is 1. The van der Waals surface area contributed by atoms with Crippen LogP contribution in [0.3, 0.4) is 0 Å². The Hall–Kier alpha value is -1.82. The molecule has 0 atom stereocenters. The normalized spacial score (nSPS) is 13.1. The third-order valence-corrected chi connectivity index (χ3v) is 3.50. The number of rotatable bonds is 3. The van der Waals surface area contributed by atoms with E-state index in [2.05, 4.69) is 31.2 Å². The van der Waals surface area contributed by atoms with E-state index in [4.69, 9.17) is 9.47 Å². The first kappa shape index (κ1) is 13.2. The van der Waals surface area contributed by atoms with Crippen molar-refractivity contribution in [3.05, 3.63) is 40.3 Å². The molecule has 0 radical (unpaired) electrons. The number of aromatic nitrogens is 2. The van der Waals surface area contributed by atoms with Gasteiger partial charge >= 0.3 is 0 Å². The summed E-state index contributed by atoms with van der Waals surface area (Å²) >= 11 is 3.51. The van der Waals surface area contributed by atoms with Gasteiger partial charge in [0.25, 0.3) is 0 Å². The van der Waals surface area contributed by atoms with Crippen LogP contribution >= 0.6 is 15.9 Å². The fraction of sp³-hybridized carbons (Fsp3) is 0.286. The third kappa shape index (κ3) is 2.85. The summed E-state index contributed by atoms with van der Waals surface area (Å²) in [6, 6.07) is 4.00. The molecule has 1 aliphatic rings. The van der Waals surface area contributed by atoms with Gasteiger partial charge in [0.1, 0.15) is 19.0 Å². The molecule has 0 unspecified atom stereocenters. The van der Waals surface area contributed by atoms with Crippen LogP contribution in [0, 0.1) is 6.92 Å². The molecule has 0 fully saturated rings. The van der Waals surface area contributed by atoms with Crippen LogP contribution in [0.4, 0.5) is 5.82 Å². The van der Waals surface area contributed by atoms with Crippen molar-refractivity contribution in [2.24, 2.45) is 0 Å². The summed E-state index contributed by atoms with van der Waals surface area (Å²) in [6.45, 7) is 3.73. The Morgan fingerprint density at radius 3 is 2.85 bits per heavy atom. The molecule has 1 aromatic heterocycles. The highest BCUT2D eigenvalue weighted by atomic mass is 79.9. The smallest absolute Gasteiger partial charge is 0.175 e. The Kier molecular flexibility index (Phi) is 3.73. The molecule has 2 heterocycles. The summed E-state index contributed by atoms with van der Waals surface area (Å²) in [5, 5.41) is 3.23. The summed E-state index contributed by atoms with van der Waals surface area (Å²) < 4.78 is 12.1. The van der Waals surface area contributed by atoms with Crippen molar-refractivity contribution in [2.75, 3.05) is 18.5 Å². The first-order chi connectivity index (χ1) is 9.72. The maximum atomic E-state index is 5.60. The molecule has 104 valence electrons. The number of nitrogens with zero attached hydrogens (tertiary/aromatic N) is 2. The summed E-state index contributed by atoms with van der Waals surface area (Å²) in [6.07, 6.45) is 3.46. The predicted molar refractivity (Wildman–Crippen MR) is 79.2 cm³/mol. The standard InChI is InChI=1S/C14H14BrN3O2/c1-9-6-17-13(8-16-9)18-7-10-4-11(15)14-12(5-10)19-2-3-20-14/h4-6,8H,2-3,7H2,1H3,(H,17,18). The first-order valence-corrected chi connectivity index (χ1v) is 7.12. The Bertz CT molecular complexity index is 617. The number of hydrogen-bond acceptors (Lipinski definition) is 5. The molecule has 20 heavy (non-hydrogen) atoms. The lowest BCUT2D eigenvalue weighted by molar-refractivity contribution is 0.170. The molecule has 0 aliphatic carbocycles. The Labute approximate surface area is 125 Å². The largest absolute Gasteiger partial charge is 0.486 e. The number of hydrogen-bond donors (Lipinski definition) is 1. The predicted octanol–water partition coefficient (Wildman–Crippen LogP) is 2.93. The zero-order valence-electron chi connectivity index (χ0n) is 11.0. The maximum absolute atomic E-state index is 5.60. The van der Waals surface area contributed by atoms with Crippen LogP contribution in [0.25, 0.3) is 0 Å². The molecule has 0 bridgehead atoms. The van der Waals surface area contributed by atoms with Gasteiger partial charge < -0.3 is 14.8 Å². The van der Waals surface area contributed by atoms with Crippen LogP contribution in [-0.2, 0) is 6.54 Å². The van der Waals surface area contributed by atoms with E-state index in [1.165, 1.54) is 0 Å². The molecule has 0 saturated heterocycles. The van der Waals surface area contributed by atoms with Gasteiger partial charge in [-0.25, -0.2) is 4.98 Å². The molecule has 2 aromatic rings. The molecule has 1 aliphatic heterocycles. The van der Waals surface area contributed by atoms with Gasteiger partial charge in [-0.15, -0.1) is 0 Å². The average molecular weight is 336 g/mol. The highest BCUT2D eigenvalue weighted by Crippen LogP contribution is 2.38. The van der Waals surface area contributed by atoms with Crippen molar-refractivity contribution in [1.82, 2.24) is 9.97 Å². The van der Waals surface area contributed by atoms with Crippen molar-refractivity contribution < 1.29 is 9.47 Å². The molecular formula is C14H14BrN3O2. The minimum atomic E-state index is 0.583. The van der Waals surface area contributed by atoms with E-state index in [0.717, 1.165) is 33.0 Å². The lowest BCUT2D eigenvalue weighted by atomic mass is 10.2. The van der Waals surface area contributed by atoms with Gasteiger partial charge in [-0.1, -0.05) is 0 Å². The van der Waals surface area contributed by atoms with Gasteiger partial charge in [0.15, 0.2) is 11.5 Å². The van der Waals surface area contributed by atoms with E-state index in [0.29, 0.717) is 19.8 Å². The van der Waals surface area contributed by atoms with Gasteiger partial charge in [-0.2, -0.15) is 0 Å². The number of nitrogens with one attached hydrogen (secondary N) is 1. The van der Waals surface area contributed by atoms with Crippen molar-refractivity contribution in [3.8, 4) is 11.5 Å². The highest BCUT2D eigenvalue weighted by Gasteiger charge is 2.16. The van der Waals surface area contributed by atoms with Crippen LogP contribution < -0.4 is 14.8 Å². The highest BCUT2D eigenvalue weighted by molar-refractivity contribution is 9.10. The van der Waals surface area contributed by atoms with Crippen LogP contribution in [0.1, 0.15) is 11.3 Å². The zero-order valence-corrected chi connectivity index (χ0v) is 12.6. The zero-order chi connectivity index (χ0) is 13.9. The maximum Gasteiger partial charge on any atom is 0.175 e. The molecule has 0 spiro atoms. The summed E-state index contributed by atoms with van der Waals surface area (Å²) in [4.78, 5) is 8.46.